The summed E-state index contributed by atoms with van der Waals surface area (Å²) in [5, 5.41) is 14.3. The van der Waals surface area contributed by atoms with Crippen LogP contribution in [-0.4, -0.2) is 29.5 Å². The van der Waals surface area contributed by atoms with E-state index in [0.717, 1.165) is 0 Å². The van der Waals surface area contributed by atoms with Gasteiger partial charge in [0, 0.05) is 0 Å². The average molecular weight is 158 g/mol. The van der Waals surface area contributed by atoms with Crippen molar-refractivity contribution in [1.29, 1.82) is 0 Å². The lowest BCUT2D eigenvalue weighted by Crippen LogP contribution is -2.19. The van der Waals surface area contributed by atoms with Gasteiger partial charge in [0.25, 0.3) is 0 Å². The first-order valence-corrected chi connectivity index (χ1v) is 2.94. The van der Waals surface area contributed by atoms with E-state index in [2.05, 4.69) is 15.1 Å². The van der Waals surface area contributed by atoms with Gasteiger partial charge in [0.15, 0.2) is 0 Å². The van der Waals surface area contributed by atoms with Crippen molar-refractivity contribution in [2.75, 3.05) is 7.11 Å². The second-order valence-corrected chi connectivity index (χ2v) is 1.87. The summed E-state index contributed by atoms with van der Waals surface area (Å²) in [5.41, 5.74) is 0.145. The number of carbonyl (C=O) groups is 1. The van der Waals surface area contributed by atoms with E-state index in [1.807, 2.05) is 0 Å². The summed E-state index contributed by atoms with van der Waals surface area (Å²) in [6.45, 7) is 2.86. The molecular weight excluding hydrogens is 148 g/mol. The second kappa shape index (κ2) is 4.43. The first kappa shape index (κ1) is 9.61. The van der Waals surface area contributed by atoms with Gasteiger partial charge in [-0.05, 0) is 13.8 Å². The van der Waals surface area contributed by atoms with Crippen LogP contribution in [0.3, 0.4) is 0 Å². The number of carbonyl (C=O) groups excluding carboxylic acids is 1. The molecule has 0 aromatic heterocycles. The van der Waals surface area contributed by atoms with Crippen molar-refractivity contribution in [2.45, 2.75) is 13.8 Å². The highest BCUT2D eigenvalue weighted by atomic mass is 16.6. The summed E-state index contributed by atoms with van der Waals surface area (Å²) >= 11 is 0. The summed E-state index contributed by atoms with van der Waals surface area (Å²) in [7, 11) is 1.34. The molecule has 0 bridgehead atoms. The van der Waals surface area contributed by atoms with Gasteiger partial charge in [-0.3, -0.25) is 4.79 Å². The van der Waals surface area contributed by atoms with Crippen molar-refractivity contribution in [3.63, 3.8) is 0 Å². The van der Waals surface area contributed by atoms with Crippen LogP contribution in [0.5, 0.6) is 0 Å². The predicted octanol–water partition coefficient (Wildman–Crippen LogP) is 0.428. The third kappa shape index (κ3) is 2.79. The fourth-order valence-electron chi connectivity index (χ4n) is 0.486. The zero-order valence-corrected chi connectivity index (χ0v) is 6.66. The molecule has 0 spiro atoms. The van der Waals surface area contributed by atoms with Crippen LogP contribution < -0.4 is 0 Å². The molecule has 5 heteroatoms. The van der Waals surface area contributed by atoms with E-state index in [9.17, 15) is 4.79 Å². The molecular formula is C6H10N2O3. The first-order valence-electron chi connectivity index (χ1n) is 2.94. The van der Waals surface area contributed by atoms with E-state index in [4.69, 9.17) is 5.21 Å². The van der Waals surface area contributed by atoms with Gasteiger partial charge in [0.05, 0.1) is 0 Å². The van der Waals surface area contributed by atoms with Gasteiger partial charge >= 0.3 is 0 Å². The lowest BCUT2D eigenvalue weighted by atomic mass is 10.2. The topological polar surface area (TPSA) is 71.2 Å². The van der Waals surface area contributed by atoms with E-state index in [1.54, 1.807) is 0 Å². The van der Waals surface area contributed by atoms with Crippen molar-refractivity contribution in [3.8, 4) is 0 Å². The number of nitrogens with zero attached hydrogens (tertiary/aromatic N) is 2. The van der Waals surface area contributed by atoms with Crippen molar-refractivity contribution in [3.05, 3.63) is 0 Å². The number of rotatable bonds is 3. The van der Waals surface area contributed by atoms with Crippen molar-refractivity contribution in [1.82, 2.24) is 0 Å². The SMILES string of the molecule is CON=C(C)C(=O)C(C)=NO. The smallest absolute Gasteiger partial charge is 0.227 e. The van der Waals surface area contributed by atoms with Crippen LogP contribution in [0.2, 0.25) is 0 Å². The molecule has 0 saturated heterocycles. The highest BCUT2D eigenvalue weighted by Crippen LogP contribution is 1.85. The maximum Gasteiger partial charge on any atom is 0.227 e. The van der Waals surface area contributed by atoms with Crippen molar-refractivity contribution >= 4 is 17.2 Å². The lowest BCUT2D eigenvalue weighted by molar-refractivity contribution is -0.107. The summed E-state index contributed by atoms with van der Waals surface area (Å²) in [4.78, 5) is 15.3. The van der Waals surface area contributed by atoms with Gasteiger partial charge in [-0.15, -0.1) is 0 Å². The lowest BCUT2D eigenvalue weighted by Gasteiger charge is -1.94. The Labute approximate surface area is 64.3 Å². The van der Waals surface area contributed by atoms with Gasteiger partial charge < -0.3 is 10.0 Å². The van der Waals surface area contributed by atoms with E-state index in [1.165, 1.54) is 21.0 Å². The Morgan fingerprint density at radius 2 is 1.91 bits per heavy atom. The molecule has 0 aromatic rings. The largest absolute Gasteiger partial charge is 0.411 e. The Morgan fingerprint density at radius 3 is 2.27 bits per heavy atom. The molecule has 0 aliphatic rings. The van der Waals surface area contributed by atoms with Crippen molar-refractivity contribution in [2.24, 2.45) is 10.3 Å². The summed E-state index contributed by atoms with van der Waals surface area (Å²) in [5.74, 6) is -0.436. The highest BCUT2D eigenvalue weighted by molar-refractivity contribution is 6.65. The fourth-order valence-corrected chi connectivity index (χ4v) is 0.486. The van der Waals surface area contributed by atoms with Gasteiger partial charge in [-0.1, -0.05) is 10.3 Å². The van der Waals surface area contributed by atoms with Crippen LogP contribution in [0.1, 0.15) is 13.8 Å². The fraction of sp³-hybridized carbons (Fsp3) is 0.500. The number of hydrogen-bond donors (Lipinski definition) is 1. The van der Waals surface area contributed by atoms with Crippen LogP contribution in [0.15, 0.2) is 10.3 Å². The molecule has 0 aromatic carbocycles. The standard InChI is InChI=1S/C6H10N2O3/c1-4(7-10)6(9)5(2)8-11-3/h10H,1-3H3. The molecule has 0 radical (unpaired) electrons. The Morgan fingerprint density at radius 1 is 1.36 bits per heavy atom. The van der Waals surface area contributed by atoms with E-state index < -0.39 is 5.78 Å². The van der Waals surface area contributed by atoms with Gasteiger partial charge in [-0.2, -0.15) is 0 Å². The molecule has 0 fully saturated rings. The van der Waals surface area contributed by atoms with Crippen LogP contribution in [-0.2, 0) is 9.63 Å². The number of oxime groups is 2. The van der Waals surface area contributed by atoms with Crippen LogP contribution >= 0.6 is 0 Å². The van der Waals surface area contributed by atoms with Crippen molar-refractivity contribution < 1.29 is 14.8 Å². The van der Waals surface area contributed by atoms with Gasteiger partial charge in [0.1, 0.15) is 18.5 Å². The zero-order valence-electron chi connectivity index (χ0n) is 6.66. The molecule has 0 aliphatic carbocycles. The summed E-state index contributed by atoms with van der Waals surface area (Å²) < 4.78 is 0. The summed E-state index contributed by atoms with van der Waals surface area (Å²) in [6, 6.07) is 0. The minimum absolute atomic E-state index is 0.0108. The maximum absolute atomic E-state index is 11.0. The Bertz CT molecular complexity index is 208. The van der Waals surface area contributed by atoms with E-state index >= 15 is 0 Å². The maximum atomic E-state index is 11.0. The summed E-state index contributed by atoms with van der Waals surface area (Å²) in [6.07, 6.45) is 0. The minimum Gasteiger partial charge on any atom is -0.411 e. The zero-order chi connectivity index (χ0) is 8.85. The molecule has 0 saturated carbocycles. The predicted molar refractivity (Wildman–Crippen MR) is 40.0 cm³/mol. The Kier molecular flexibility index (Phi) is 3.87. The molecule has 1 N–H and O–H groups in total. The molecule has 0 atom stereocenters. The quantitative estimate of drug-likeness (QED) is 0.367. The van der Waals surface area contributed by atoms with Crippen LogP contribution in [0.4, 0.5) is 0 Å². The van der Waals surface area contributed by atoms with Gasteiger partial charge in [0.2, 0.25) is 5.78 Å². The highest BCUT2D eigenvalue weighted by Gasteiger charge is 2.10. The number of hydrogen-bond acceptors (Lipinski definition) is 5. The molecule has 0 amide bonds. The van der Waals surface area contributed by atoms with Gasteiger partial charge in [-0.25, -0.2) is 0 Å². The van der Waals surface area contributed by atoms with E-state index in [-0.39, 0.29) is 11.4 Å². The molecule has 0 rings (SSSR count). The first-order chi connectivity index (χ1) is 5.13. The van der Waals surface area contributed by atoms with Crippen LogP contribution in [0.25, 0.3) is 0 Å². The minimum atomic E-state index is -0.436. The second-order valence-electron chi connectivity index (χ2n) is 1.87. The Hall–Kier alpha value is -1.39. The Balaban J connectivity index is 4.38. The molecule has 62 valence electrons. The molecule has 11 heavy (non-hydrogen) atoms. The average Bonchev–Trinajstić information content (AvgIpc) is 2.02. The third-order valence-corrected chi connectivity index (χ3v) is 1.04. The normalized spacial score (nSPS) is 13.0. The third-order valence-electron chi connectivity index (χ3n) is 1.04. The van der Waals surface area contributed by atoms with Crippen LogP contribution in [0, 0.1) is 0 Å². The number of ketones is 1. The monoisotopic (exact) mass is 158 g/mol. The molecule has 0 aliphatic heterocycles. The van der Waals surface area contributed by atoms with E-state index in [0.29, 0.717) is 0 Å². The number of Topliss-reactive ketones (excluding diaryl/α,β-unsaturated/α-hetero) is 1. The molecule has 0 heterocycles. The molecule has 0 unspecified atom stereocenters. The molecule has 5 nitrogen and oxygen atoms in total.